The van der Waals surface area contributed by atoms with Crippen molar-refractivity contribution in [2.45, 2.75) is 39.0 Å². The second-order valence-corrected chi connectivity index (χ2v) is 4.19. The van der Waals surface area contributed by atoms with Gasteiger partial charge in [-0.25, -0.2) is 9.97 Å². The van der Waals surface area contributed by atoms with Gasteiger partial charge in [0.1, 0.15) is 0 Å². The molecule has 1 aromatic heterocycles. The lowest BCUT2D eigenvalue weighted by Crippen LogP contribution is -2.30. The lowest BCUT2D eigenvalue weighted by Gasteiger charge is -2.26. The van der Waals surface area contributed by atoms with E-state index in [1.54, 1.807) is 0 Å². The van der Waals surface area contributed by atoms with Crippen LogP contribution in [-0.4, -0.2) is 23.1 Å². The molecular formula is C12H19N3. The Hall–Kier alpha value is -1.12. The van der Waals surface area contributed by atoms with Gasteiger partial charge in [-0.1, -0.05) is 13.3 Å². The first-order chi connectivity index (χ1) is 7.40. The van der Waals surface area contributed by atoms with Gasteiger partial charge in [-0.3, -0.25) is 0 Å². The molecule has 0 unspecified atom stereocenters. The number of anilines is 1. The molecule has 1 aliphatic rings. The number of hydrogen-bond acceptors (Lipinski definition) is 3. The van der Waals surface area contributed by atoms with E-state index in [0.717, 1.165) is 31.9 Å². The second kappa shape index (κ2) is 5.10. The largest absolute Gasteiger partial charge is 0.341 e. The summed E-state index contributed by atoms with van der Waals surface area (Å²) < 4.78 is 0. The maximum absolute atomic E-state index is 4.44. The summed E-state index contributed by atoms with van der Waals surface area (Å²) in [5.41, 5.74) is 1.25. The van der Waals surface area contributed by atoms with Crippen LogP contribution in [0.4, 0.5) is 5.95 Å². The highest BCUT2D eigenvalue weighted by Crippen LogP contribution is 2.15. The summed E-state index contributed by atoms with van der Waals surface area (Å²) in [7, 11) is 0. The van der Waals surface area contributed by atoms with Crippen LogP contribution in [0.5, 0.6) is 0 Å². The van der Waals surface area contributed by atoms with Crippen LogP contribution in [0.25, 0.3) is 0 Å². The Morgan fingerprint density at radius 1 is 1.13 bits per heavy atom. The molecule has 1 saturated heterocycles. The minimum absolute atomic E-state index is 0.912. The van der Waals surface area contributed by atoms with E-state index >= 15 is 0 Å². The van der Waals surface area contributed by atoms with E-state index in [9.17, 15) is 0 Å². The molecule has 0 aromatic carbocycles. The highest BCUT2D eigenvalue weighted by Gasteiger charge is 2.12. The molecule has 3 heteroatoms. The Bertz CT molecular complexity index is 288. The smallest absolute Gasteiger partial charge is 0.225 e. The van der Waals surface area contributed by atoms with Crippen molar-refractivity contribution >= 4 is 5.95 Å². The molecule has 0 spiro atoms. The summed E-state index contributed by atoms with van der Waals surface area (Å²) in [4.78, 5) is 11.2. The fourth-order valence-corrected chi connectivity index (χ4v) is 2.02. The molecule has 3 nitrogen and oxygen atoms in total. The quantitative estimate of drug-likeness (QED) is 0.759. The van der Waals surface area contributed by atoms with Gasteiger partial charge in [0.15, 0.2) is 0 Å². The molecular weight excluding hydrogens is 186 g/mol. The first kappa shape index (κ1) is 10.4. The second-order valence-electron chi connectivity index (χ2n) is 4.19. The zero-order valence-electron chi connectivity index (χ0n) is 9.45. The fraction of sp³-hybridized carbons (Fsp3) is 0.667. The van der Waals surface area contributed by atoms with Crippen molar-refractivity contribution in [1.29, 1.82) is 0 Å². The summed E-state index contributed by atoms with van der Waals surface area (Å²) in [6.07, 6.45) is 10.1. The van der Waals surface area contributed by atoms with Crippen LogP contribution in [0.15, 0.2) is 12.4 Å². The number of hydrogen-bond donors (Lipinski definition) is 0. The molecule has 82 valence electrons. The minimum Gasteiger partial charge on any atom is -0.341 e. The highest BCUT2D eigenvalue weighted by molar-refractivity contribution is 5.30. The van der Waals surface area contributed by atoms with Crippen LogP contribution in [0, 0.1) is 0 Å². The van der Waals surface area contributed by atoms with E-state index in [0.29, 0.717) is 0 Å². The van der Waals surface area contributed by atoms with Gasteiger partial charge in [0.2, 0.25) is 5.95 Å². The predicted molar refractivity (Wildman–Crippen MR) is 62.1 cm³/mol. The Kier molecular flexibility index (Phi) is 3.54. The van der Waals surface area contributed by atoms with E-state index in [4.69, 9.17) is 0 Å². The Morgan fingerprint density at radius 3 is 2.40 bits per heavy atom. The Labute approximate surface area is 91.5 Å². The molecule has 0 aliphatic carbocycles. The zero-order valence-corrected chi connectivity index (χ0v) is 9.45. The standard InChI is InChI=1S/C12H19N3/c1-2-6-11-9-13-12(14-10-11)15-7-4-3-5-8-15/h9-10H,2-8H2,1H3. The van der Waals surface area contributed by atoms with Crippen LogP contribution in [0.3, 0.4) is 0 Å². The number of nitrogens with zero attached hydrogens (tertiary/aromatic N) is 3. The molecule has 15 heavy (non-hydrogen) atoms. The van der Waals surface area contributed by atoms with Crippen molar-refractivity contribution in [3.8, 4) is 0 Å². The maximum atomic E-state index is 4.44. The van der Waals surface area contributed by atoms with Crippen molar-refractivity contribution in [2.24, 2.45) is 0 Å². The summed E-state index contributed by atoms with van der Waals surface area (Å²) >= 11 is 0. The van der Waals surface area contributed by atoms with Gasteiger partial charge < -0.3 is 4.90 Å². The number of aryl methyl sites for hydroxylation is 1. The van der Waals surface area contributed by atoms with E-state index in [1.165, 1.54) is 24.8 Å². The van der Waals surface area contributed by atoms with Crippen molar-refractivity contribution in [1.82, 2.24) is 9.97 Å². The third-order valence-electron chi connectivity index (χ3n) is 2.87. The lowest BCUT2D eigenvalue weighted by molar-refractivity contribution is 0.568. The molecule has 1 fully saturated rings. The van der Waals surface area contributed by atoms with Crippen LogP contribution in [0.1, 0.15) is 38.2 Å². The number of piperidine rings is 1. The normalized spacial score (nSPS) is 16.7. The van der Waals surface area contributed by atoms with Gasteiger partial charge in [0.25, 0.3) is 0 Å². The van der Waals surface area contributed by atoms with E-state index < -0.39 is 0 Å². The third kappa shape index (κ3) is 2.67. The van der Waals surface area contributed by atoms with Crippen molar-refractivity contribution in [3.63, 3.8) is 0 Å². The summed E-state index contributed by atoms with van der Waals surface area (Å²) in [5, 5.41) is 0. The van der Waals surface area contributed by atoms with Gasteiger partial charge >= 0.3 is 0 Å². The summed E-state index contributed by atoms with van der Waals surface area (Å²) in [6.45, 7) is 4.42. The lowest BCUT2D eigenvalue weighted by atomic mass is 10.1. The molecule has 1 aliphatic heterocycles. The first-order valence-corrected chi connectivity index (χ1v) is 5.96. The van der Waals surface area contributed by atoms with Gasteiger partial charge in [-0.05, 0) is 31.2 Å². The summed E-state index contributed by atoms with van der Waals surface area (Å²) in [5.74, 6) is 0.912. The van der Waals surface area contributed by atoms with Gasteiger partial charge in [0.05, 0.1) is 0 Å². The number of aromatic nitrogens is 2. The first-order valence-electron chi connectivity index (χ1n) is 5.96. The van der Waals surface area contributed by atoms with Gasteiger partial charge in [-0.2, -0.15) is 0 Å². The minimum atomic E-state index is 0.912. The zero-order chi connectivity index (χ0) is 10.5. The van der Waals surface area contributed by atoms with Crippen LogP contribution in [-0.2, 0) is 6.42 Å². The van der Waals surface area contributed by atoms with Crippen molar-refractivity contribution in [3.05, 3.63) is 18.0 Å². The predicted octanol–water partition coefficient (Wildman–Crippen LogP) is 2.42. The van der Waals surface area contributed by atoms with Crippen molar-refractivity contribution < 1.29 is 0 Å². The molecule has 0 atom stereocenters. The highest BCUT2D eigenvalue weighted by atomic mass is 15.2. The molecule has 2 rings (SSSR count). The SMILES string of the molecule is CCCc1cnc(N2CCCCC2)nc1. The Morgan fingerprint density at radius 2 is 1.80 bits per heavy atom. The fourth-order valence-electron chi connectivity index (χ4n) is 2.02. The van der Waals surface area contributed by atoms with Crippen LogP contribution < -0.4 is 4.90 Å². The molecule has 0 amide bonds. The molecule has 0 bridgehead atoms. The third-order valence-corrected chi connectivity index (χ3v) is 2.87. The molecule has 0 N–H and O–H groups in total. The van der Waals surface area contributed by atoms with Gasteiger partial charge in [-0.15, -0.1) is 0 Å². The molecule has 1 aromatic rings. The van der Waals surface area contributed by atoms with E-state index in [1.807, 2.05) is 12.4 Å². The van der Waals surface area contributed by atoms with E-state index in [-0.39, 0.29) is 0 Å². The monoisotopic (exact) mass is 205 g/mol. The molecule has 0 saturated carbocycles. The average Bonchev–Trinajstić information content (AvgIpc) is 2.32. The van der Waals surface area contributed by atoms with Crippen LogP contribution >= 0.6 is 0 Å². The van der Waals surface area contributed by atoms with E-state index in [2.05, 4.69) is 21.8 Å². The topological polar surface area (TPSA) is 29.0 Å². The average molecular weight is 205 g/mol. The number of rotatable bonds is 3. The molecule has 0 radical (unpaired) electrons. The maximum Gasteiger partial charge on any atom is 0.225 e. The Balaban J connectivity index is 2.02. The van der Waals surface area contributed by atoms with Crippen LogP contribution in [0.2, 0.25) is 0 Å². The van der Waals surface area contributed by atoms with Crippen molar-refractivity contribution in [2.75, 3.05) is 18.0 Å². The molecule has 2 heterocycles. The van der Waals surface area contributed by atoms with Gasteiger partial charge in [0, 0.05) is 25.5 Å². The summed E-state index contributed by atoms with van der Waals surface area (Å²) in [6, 6.07) is 0.